The van der Waals surface area contributed by atoms with Gasteiger partial charge in [0.1, 0.15) is 0 Å². The van der Waals surface area contributed by atoms with Crippen LogP contribution in [0.5, 0.6) is 0 Å². The zero-order valence-corrected chi connectivity index (χ0v) is 14.1. The van der Waals surface area contributed by atoms with Gasteiger partial charge >= 0.3 is 0 Å². The number of carbonyl (C=O) groups excluding carboxylic acids is 1. The number of amides is 1. The molecule has 1 amide bonds. The number of rotatable bonds is 4. The van der Waals surface area contributed by atoms with Crippen LogP contribution in [-0.2, 0) is 17.6 Å². The molecule has 1 aliphatic carbocycles. The second-order valence-corrected chi connectivity index (χ2v) is 7.01. The van der Waals surface area contributed by atoms with Gasteiger partial charge in [0.2, 0.25) is 5.91 Å². The first kappa shape index (κ1) is 16.7. The maximum Gasteiger partial charge on any atom is 0.243 e. The van der Waals surface area contributed by atoms with Crippen LogP contribution < -0.4 is 10.6 Å². The first-order valence-electron chi connectivity index (χ1n) is 7.79. The molecule has 2 N–H and O–H groups in total. The van der Waals surface area contributed by atoms with Crippen molar-refractivity contribution in [2.45, 2.75) is 57.9 Å². The molecule has 118 valence electrons. The molecule has 0 radical (unpaired) electrons. The summed E-state index contributed by atoms with van der Waals surface area (Å²) in [5.74, 6) is 0.895. The van der Waals surface area contributed by atoms with Crippen LogP contribution in [0.25, 0.3) is 0 Å². The fourth-order valence-electron chi connectivity index (χ4n) is 3.25. The number of fused-ring (bicyclic) bond motifs is 1. The van der Waals surface area contributed by atoms with E-state index < -0.39 is 0 Å². The molecule has 21 heavy (non-hydrogen) atoms. The summed E-state index contributed by atoms with van der Waals surface area (Å²) in [6.07, 6.45) is 8.08. The third-order valence-corrected chi connectivity index (χ3v) is 5.38. The summed E-state index contributed by atoms with van der Waals surface area (Å²) in [5.41, 5.74) is 1.22. The molecule has 1 aromatic rings. The lowest BCUT2D eigenvalue weighted by Gasteiger charge is -2.19. The van der Waals surface area contributed by atoms with Gasteiger partial charge in [-0.05, 0) is 44.6 Å². The molecule has 0 bridgehead atoms. The maximum absolute atomic E-state index is 12.1. The van der Waals surface area contributed by atoms with Crippen molar-refractivity contribution in [3.8, 4) is 0 Å². The molecular formula is C15H24ClN3OS. The summed E-state index contributed by atoms with van der Waals surface area (Å²) in [4.78, 5) is 18.1. The maximum atomic E-state index is 12.1. The molecule has 0 aromatic carbocycles. The van der Waals surface area contributed by atoms with E-state index in [9.17, 15) is 4.79 Å². The number of hydrogen-bond donors (Lipinski definition) is 2. The molecule has 1 aliphatic heterocycles. The van der Waals surface area contributed by atoms with Crippen LogP contribution in [0.15, 0.2) is 0 Å². The molecule has 2 heterocycles. The molecule has 2 unspecified atom stereocenters. The number of thiazole rings is 1. The third-order valence-electron chi connectivity index (χ3n) is 4.35. The van der Waals surface area contributed by atoms with Crippen LogP contribution in [0.3, 0.4) is 0 Å². The number of anilines is 1. The molecule has 4 nitrogen and oxygen atoms in total. The van der Waals surface area contributed by atoms with Crippen LogP contribution in [0, 0.1) is 5.92 Å². The number of nitrogens with zero attached hydrogens (tertiary/aromatic N) is 1. The van der Waals surface area contributed by atoms with E-state index in [2.05, 4.69) is 22.5 Å². The summed E-state index contributed by atoms with van der Waals surface area (Å²) in [7, 11) is 0. The number of aromatic nitrogens is 1. The average molecular weight is 330 g/mol. The van der Waals surface area contributed by atoms with Gasteiger partial charge in [-0.2, -0.15) is 0 Å². The molecule has 6 heteroatoms. The second-order valence-electron chi connectivity index (χ2n) is 5.92. The Morgan fingerprint density at radius 1 is 1.48 bits per heavy atom. The van der Waals surface area contributed by atoms with Gasteiger partial charge in [-0.15, -0.1) is 23.7 Å². The highest BCUT2D eigenvalue weighted by molar-refractivity contribution is 7.15. The van der Waals surface area contributed by atoms with Crippen LogP contribution in [0.2, 0.25) is 0 Å². The van der Waals surface area contributed by atoms with Gasteiger partial charge in [0.05, 0.1) is 11.7 Å². The Hall–Kier alpha value is -0.650. The van der Waals surface area contributed by atoms with Crippen molar-refractivity contribution in [3.63, 3.8) is 0 Å². The van der Waals surface area contributed by atoms with E-state index in [4.69, 9.17) is 0 Å². The van der Waals surface area contributed by atoms with E-state index in [1.807, 2.05) is 0 Å². The lowest BCUT2D eigenvalue weighted by Crippen LogP contribution is -2.35. The highest BCUT2D eigenvalue weighted by Gasteiger charge is 2.25. The van der Waals surface area contributed by atoms with Crippen molar-refractivity contribution in [2.24, 2.45) is 5.92 Å². The minimum absolute atomic E-state index is 0. The van der Waals surface area contributed by atoms with Gasteiger partial charge in [-0.3, -0.25) is 4.79 Å². The molecule has 0 spiro atoms. The Balaban J connectivity index is 0.00000161. The summed E-state index contributed by atoms with van der Waals surface area (Å²) < 4.78 is 0. The number of halogens is 1. The van der Waals surface area contributed by atoms with E-state index in [0.717, 1.165) is 43.3 Å². The lowest BCUT2D eigenvalue weighted by molar-refractivity contribution is -0.117. The Labute approximate surface area is 136 Å². The Bertz CT molecular complexity index is 485. The summed E-state index contributed by atoms with van der Waals surface area (Å²) in [6, 6.07) is -0.0243. The van der Waals surface area contributed by atoms with Gasteiger partial charge in [-0.25, -0.2) is 4.98 Å². The first-order valence-corrected chi connectivity index (χ1v) is 8.60. The SMILES string of the molecule is CCCC1CCc2nc(NC(=O)C3CCCN3)sc2C1.Cl. The van der Waals surface area contributed by atoms with Crippen molar-refractivity contribution in [1.29, 1.82) is 0 Å². The molecule has 3 rings (SSSR count). The monoisotopic (exact) mass is 329 g/mol. The average Bonchev–Trinajstić information content (AvgIpc) is 3.06. The molecule has 2 atom stereocenters. The molecule has 2 aliphatic rings. The van der Waals surface area contributed by atoms with E-state index in [0.29, 0.717) is 0 Å². The number of hydrogen-bond acceptors (Lipinski definition) is 4. The van der Waals surface area contributed by atoms with Crippen molar-refractivity contribution < 1.29 is 4.79 Å². The number of carbonyl (C=O) groups is 1. The minimum Gasteiger partial charge on any atom is -0.306 e. The molecule has 1 aromatic heterocycles. The first-order chi connectivity index (χ1) is 9.76. The van der Waals surface area contributed by atoms with E-state index in [1.165, 1.54) is 29.8 Å². The van der Waals surface area contributed by atoms with Crippen LogP contribution in [0.1, 0.15) is 49.6 Å². The van der Waals surface area contributed by atoms with Crippen molar-refractivity contribution >= 4 is 34.8 Å². The molecule has 1 saturated heterocycles. The highest BCUT2D eigenvalue weighted by atomic mass is 35.5. The summed E-state index contributed by atoms with van der Waals surface area (Å²) in [5, 5.41) is 7.02. The largest absolute Gasteiger partial charge is 0.306 e. The number of nitrogens with one attached hydrogen (secondary N) is 2. The van der Waals surface area contributed by atoms with Crippen LogP contribution in [-0.4, -0.2) is 23.5 Å². The normalized spacial score (nSPS) is 24.2. The quantitative estimate of drug-likeness (QED) is 0.892. The van der Waals surface area contributed by atoms with Crippen molar-refractivity contribution in [2.75, 3.05) is 11.9 Å². The Kier molecular flexibility index (Phi) is 6.02. The van der Waals surface area contributed by atoms with Crippen molar-refractivity contribution in [3.05, 3.63) is 10.6 Å². The van der Waals surface area contributed by atoms with Gasteiger partial charge in [-0.1, -0.05) is 19.8 Å². The van der Waals surface area contributed by atoms with Gasteiger partial charge in [0, 0.05) is 4.88 Å². The standard InChI is InChI=1S/C15H23N3OS.ClH/c1-2-4-10-6-7-11-13(9-10)20-15(17-11)18-14(19)12-5-3-8-16-12;/h10,12,16H,2-9H2,1H3,(H,17,18,19);1H. The van der Waals surface area contributed by atoms with E-state index in [1.54, 1.807) is 11.3 Å². The topological polar surface area (TPSA) is 54.0 Å². The predicted molar refractivity (Wildman–Crippen MR) is 89.4 cm³/mol. The Morgan fingerprint density at radius 2 is 2.33 bits per heavy atom. The fourth-order valence-corrected chi connectivity index (χ4v) is 4.38. The lowest BCUT2D eigenvalue weighted by atomic mass is 9.88. The predicted octanol–water partition coefficient (Wildman–Crippen LogP) is 3.16. The molecular weight excluding hydrogens is 306 g/mol. The summed E-state index contributed by atoms with van der Waals surface area (Å²) >= 11 is 1.68. The van der Waals surface area contributed by atoms with Crippen LogP contribution >= 0.6 is 23.7 Å². The summed E-state index contributed by atoms with van der Waals surface area (Å²) in [6.45, 7) is 3.20. The second kappa shape index (κ2) is 7.56. The zero-order chi connectivity index (χ0) is 13.9. The molecule has 1 fully saturated rings. The Morgan fingerprint density at radius 3 is 3.05 bits per heavy atom. The van der Waals surface area contributed by atoms with Crippen molar-refractivity contribution in [1.82, 2.24) is 10.3 Å². The van der Waals surface area contributed by atoms with Gasteiger partial charge < -0.3 is 10.6 Å². The third kappa shape index (κ3) is 3.96. The number of aryl methyl sites for hydroxylation is 1. The fraction of sp³-hybridized carbons (Fsp3) is 0.733. The minimum atomic E-state index is -0.0243. The van der Waals surface area contributed by atoms with Gasteiger partial charge in [0.25, 0.3) is 0 Å². The van der Waals surface area contributed by atoms with E-state index in [-0.39, 0.29) is 24.4 Å². The smallest absolute Gasteiger partial charge is 0.243 e. The van der Waals surface area contributed by atoms with Crippen LogP contribution in [0.4, 0.5) is 5.13 Å². The van der Waals surface area contributed by atoms with E-state index >= 15 is 0 Å². The van der Waals surface area contributed by atoms with Gasteiger partial charge in [0.15, 0.2) is 5.13 Å². The molecule has 0 saturated carbocycles. The highest BCUT2D eigenvalue weighted by Crippen LogP contribution is 2.34. The zero-order valence-electron chi connectivity index (χ0n) is 12.5.